The first-order valence-electron chi connectivity index (χ1n) is 40.1. The Balaban J connectivity index is 0.000000183. The number of amides is 2. The number of carbonyl (C=O) groups excluding carboxylic acids is 3. The minimum absolute atomic E-state index is 0. The number of rotatable bonds is 11. The molecule has 7 aliphatic rings. The van der Waals surface area contributed by atoms with E-state index in [2.05, 4.69) is 102 Å². The number of halogens is 6. The van der Waals surface area contributed by atoms with E-state index in [1.807, 2.05) is 158 Å². The summed E-state index contributed by atoms with van der Waals surface area (Å²) in [6.07, 6.45) is 33.3. The maximum absolute atomic E-state index is 13.8. The van der Waals surface area contributed by atoms with Crippen LogP contribution in [-0.4, -0.2) is 195 Å². The molecule has 3 saturated carbocycles. The van der Waals surface area contributed by atoms with Gasteiger partial charge in [-0.25, -0.2) is 44.1 Å². The van der Waals surface area contributed by atoms with Crippen molar-refractivity contribution in [2.45, 2.75) is 224 Å². The van der Waals surface area contributed by atoms with E-state index in [0.29, 0.717) is 37.5 Å². The van der Waals surface area contributed by atoms with E-state index in [0.717, 1.165) is 142 Å². The number of ether oxygens (including phenoxy) is 1. The van der Waals surface area contributed by atoms with Gasteiger partial charge in [0.2, 0.25) is 0 Å². The molecule has 0 atom stereocenters. The molecular weight excluding hydrogens is 1880 g/mol. The number of aromatic amines is 4. The van der Waals surface area contributed by atoms with Crippen LogP contribution < -0.4 is 10.9 Å². The summed E-state index contributed by atoms with van der Waals surface area (Å²) in [5.74, 6) is -2.56. The van der Waals surface area contributed by atoms with E-state index >= 15 is 0 Å². The number of aromatic nitrogens is 18. The maximum atomic E-state index is 13.8. The summed E-state index contributed by atoms with van der Waals surface area (Å²) >= 11 is 5.73. The van der Waals surface area contributed by atoms with Gasteiger partial charge in [0, 0.05) is 179 Å². The van der Waals surface area contributed by atoms with Crippen molar-refractivity contribution in [3.05, 3.63) is 151 Å². The summed E-state index contributed by atoms with van der Waals surface area (Å²) in [4.78, 5) is 74.1. The number of pyridine rings is 1. The van der Waals surface area contributed by atoms with Gasteiger partial charge in [0.25, 0.3) is 5.91 Å². The van der Waals surface area contributed by atoms with E-state index in [-0.39, 0.29) is 142 Å². The van der Waals surface area contributed by atoms with Crippen molar-refractivity contribution in [3.63, 3.8) is 0 Å². The molecular formula is C83H99B3Cl2F4N24O8U. The van der Waals surface area contributed by atoms with E-state index in [9.17, 15) is 31.9 Å². The van der Waals surface area contributed by atoms with E-state index in [1.54, 1.807) is 42.3 Å². The van der Waals surface area contributed by atoms with Crippen molar-refractivity contribution in [1.29, 1.82) is 22.4 Å². The average Bonchev–Trinajstić information content (AvgIpc) is 1.61. The van der Waals surface area contributed by atoms with Gasteiger partial charge in [-0.15, -0.1) is 12.4 Å². The molecule has 4 saturated heterocycles. The number of hydrogen-bond donors (Lipinski definition) is 4. The van der Waals surface area contributed by atoms with Crippen LogP contribution in [0.15, 0.2) is 129 Å². The largest absolute Gasteiger partial charge is 0.498 e. The SMILES string of the molecule is C.CC(C)(C)OC(=O)N1CC(=CC#N)C1.CC1(C)OB(c2cn[nH]c2)OC1(C)C.CC1(C)OB(c2cnn(C3(CC#N)CCC3)c2)OC1(C)C.Cl.Clc1ncnc2[nH]ccc12.N#CCC1(n2cc(-c3ncnc4[nH]ccc34)cn2)CCC1.N#CCC1(n2cc(-c3ncnc4[nH]ccc34)cn2)CCC1.O=C1CCN(C(=O)c2ccnc(C(F)(F)F)c2F)CC1.[2H][B].[U]. The van der Waals surface area contributed by atoms with Crippen molar-refractivity contribution in [1.82, 2.24) is 99.2 Å². The molecule has 7 fully saturated rings. The molecule has 125 heavy (non-hydrogen) atoms. The molecule has 42 heteroatoms. The number of allylic oxidation sites excluding steroid dienone is 1. The van der Waals surface area contributed by atoms with Crippen LogP contribution in [0.25, 0.3) is 55.6 Å². The Hall–Kier alpha value is -10.7. The number of fused-ring (bicyclic) bond motifs is 3. The van der Waals surface area contributed by atoms with Gasteiger partial charge in [0.15, 0.2) is 11.5 Å². The quantitative estimate of drug-likeness (QED) is 0.0404. The normalized spacial score (nSPS) is 17.8. The van der Waals surface area contributed by atoms with Crippen molar-refractivity contribution >= 4 is 108 Å². The van der Waals surface area contributed by atoms with E-state index in [1.165, 1.54) is 17.3 Å². The molecule has 2 radical (unpaired) electrons. The topological polar surface area (TPSA) is 419 Å². The fourth-order valence-electron chi connectivity index (χ4n) is 14.2. The Bertz CT molecular complexity index is 5540. The zero-order chi connectivity index (χ0) is 88.9. The van der Waals surface area contributed by atoms with Crippen LogP contribution in [0.2, 0.25) is 5.15 Å². The third-order valence-corrected chi connectivity index (χ3v) is 23.4. The summed E-state index contributed by atoms with van der Waals surface area (Å²) in [6.45, 7) is 23.0. The Morgan fingerprint density at radius 3 is 1.44 bits per heavy atom. The predicted octanol–water partition coefficient (Wildman–Crippen LogP) is 13.7. The third kappa shape index (κ3) is 22.6. The number of ketones is 1. The Labute approximate surface area is 760 Å². The first-order valence-corrected chi connectivity index (χ1v) is 39.9. The number of carbonyl (C=O) groups is 3. The molecule has 32 nitrogen and oxygen atoms in total. The van der Waals surface area contributed by atoms with Gasteiger partial charge in [0.05, 0.1) is 117 Å². The number of alkyl halides is 3. The van der Waals surface area contributed by atoms with Crippen LogP contribution in [0, 0.1) is 82.3 Å². The van der Waals surface area contributed by atoms with Crippen molar-refractivity contribution in [2.24, 2.45) is 0 Å². The van der Waals surface area contributed by atoms with E-state index < -0.39 is 34.8 Å². The second kappa shape index (κ2) is 41.2. The molecule has 11 aromatic rings. The van der Waals surface area contributed by atoms with Crippen molar-refractivity contribution in [3.8, 4) is 46.8 Å². The molecule has 654 valence electrons. The molecule has 15 heterocycles. The van der Waals surface area contributed by atoms with Gasteiger partial charge in [-0.2, -0.15) is 54.6 Å². The van der Waals surface area contributed by atoms with Gasteiger partial charge in [-0.3, -0.25) is 28.7 Å². The van der Waals surface area contributed by atoms with Crippen LogP contribution >= 0.6 is 24.0 Å². The smallest absolute Gasteiger partial charge is 0.444 e. The number of Topliss-reactive ketones (excluding diaryl/α,β-unsaturated/α-hetero) is 1. The summed E-state index contributed by atoms with van der Waals surface area (Å²) in [5.41, 5.74) is 4.49. The molecule has 11 aromatic heterocycles. The monoisotopic (exact) mass is 1980 g/mol. The molecule has 4 aliphatic heterocycles. The average molecular weight is 1980 g/mol. The maximum Gasteiger partial charge on any atom is 0.498 e. The van der Waals surface area contributed by atoms with Gasteiger partial charge in [-0.05, 0) is 165 Å². The number of likely N-dealkylation sites (tertiary alicyclic amines) is 2. The molecule has 0 unspecified atom stereocenters. The molecule has 4 N–H and O–H groups in total. The fraction of sp³-hybridized carbons (Fsp3) is 0.470. The summed E-state index contributed by atoms with van der Waals surface area (Å²) in [7, 11) is 3.06. The standard InChI is InChI=1S/C15H22BN3O2.2C15H14N6.C12H10F4N2O2.C10H14N2O2.C9H15BN2O2.C6H4ClN3.CH4.BH.ClH.U/c1-13(2)14(3,4)21-16(20-13)12-10-18-19(11-12)15(8-9-17)6-5-7-15;2*16-6-5-15(3-1-4-15)21-9-11(8-20-21)13-12-2-7-17-14(12)19-10-18-13;13-9-8(1-4-17-10(9)12(14,15)16)11(20)18-5-2-7(19)3-6-18;1-10(2,3)14-9(13)12-6-8(7-12)4-5-11;1-8(2)9(3,4)14-10(13-8)7-5-11-12-6-7;7-5-4-1-2-8-6(4)10-3-9-5;;;;/h10-11H,5-8H2,1-4H3;2*2,7-10H,1,3-5H2,(H,17,18,19);1,4H,2-3,5-6H2;4H,6-7H2,1-3H3;5-6H,1-4H3,(H,11,12);1-3H,(H,8,9,10);1H4;2*1H;/i;;;;;;;;1D;;. The Morgan fingerprint density at radius 1 is 0.616 bits per heavy atom. The number of nitrogens with one attached hydrogen (secondary N) is 4. The van der Waals surface area contributed by atoms with Crippen LogP contribution in [0.3, 0.4) is 0 Å². The zero-order valence-electron chi connectivity index (χ0n) is 71.5. The summed E-state index contributed by atoms with van der Waals surface area (Å²) in [5, 5.41) is 58.9. The summed E-state index contributed by atoms with van der Waals surface area (Å²) < 4.78 is 91.3. The van der Waals surface area contributed by atoms with Gasteiger partial charge in [-0.1, -0.05) is 19.0 Å². The molecule has 0 aromatic carbocycles. The minimum atomic E-state index is -4.96. The van der Waals surface area contributed by atoms with Gasteiger partial charge < -0.3 is 48.1 Å². The molecule has 0 bridgehead atoms. The van der Waals surface area contributed by atoms with Crippen LogP contribution in [0.4, 0.5) is 22.4 Å². The number of H-pyrrole nitrogens is 4. The van der Waals surface area contributed by atoms with Gasteiger partial charge in [0.1, 0.15) is 52.5 Å². The molecule has 3 aliphatic carbocycles. The minimum Gasteiger partial charge on any atom is -0.444 e. The molecule has 2 amide bonds. The number of hydrogen-bond acceptors (Lipinski definition) is 23. The number of piperidine rings is 1. The Morgan fingerprint density at radius 2 is 1.04 bits per heavy atom. The number of nitriles is 4. The zero-order valence-corrected chi connectivity index (χ0v) is 76.3. The second-order valence-electron chi connectivity index (χ2n) is 33.5. The molecule has 0 spiro atoms. The number of nitrogens with zero attached hydrogens (tertiary/aromatic N) is 20. The van der Waals surface area contributed by atoms with Crippen molar-refractivity contribution < 1.29 is 86.4 Å². The fourth-order valence-corrected chi connectivity index (χ4v) is 14.4. The first-order chi connectivity index (χ1) is 58.5. The van der Waals surface area contributed by atoms with Crippen LogP contribution in [-0.2, 0) is 50.9 Å². The second-order valence-corrected chi connectivity index (χ2v) is 33.8. The predicted molar refractivity (Wildman–Crippen MR) is 460 cm³/mol. The molecule has 18 rings (SSSR count). The first kappa shape index (κ1) is 98.1. The van der Waals surface area contributed by atoms with Crippen molar-refractivity contribution in [2.75, 3.05) is 26.2 Å². The summed E-state index contributed by atoms with van der Waals surface area (Å²) in [6, 6.07) is 15.5. The third-order valence-electron chi connectivity index (χ3n) is 23.1. The van der Waals surface area contributed by atoms with E-state index in [4.69, 9.17) is 57.3 Å². The van der Waals surface area contributed by atoms with Gasteiger partial charge >= 0.3 is 26.5 Å². The van der Waals surface area contributed by atoms with Crippen LogP contribution in [0.5, 0.6) is 0 Å². The Kier molecular flexibility index (Phi) is 32.3. The van der Waals surface area contributed by atoms with Crippen LogP contribution in [0.1, 0.15) is 190 Å².